The molecule has 0 fully saturated rings. The molecule has 108 valence electrons. The van der Waals surface area contributed by atoms with Crippen molar-refractivity contribution >= 4 is 0 Å². The molecule has 1 aromatic carbocycles. The van der Waals surface area contributed by atoms with Crippen LogP contribution in [0.2, 0.25) is 0 Å². The number of benzene rings is 1. The van der Waals surface area contributed by atoms with Crippen LogP contribution in [0.4, 0.5) is 0 Å². The summed E-state index contributed by atoms with van der Waals surface area (Å²) in [7, 11) is 1.94. The molecule has 4 heteroatoms. The van der Waals surface area contributed by atoms with Gasteiger partial charge in [0.1, 0.15) is 17.5 Å². The Balaban J connectivity index is 2.23. The molecule has 0 spiro atoms. The maximum atomic E-state index is 6.10. The van der Waals surface area contributed by atoms with E-state index in [-0.39, 0.29) is 6.10 Å². The first-order valence-electron chi connectivity index (χ1n) is 6.95. The number of nitrogens with one attached hydrogen (secondary N) is 2. The molecule has 2 N–H and O–H groups in total. The van der Waals surface area contributed by atoms with Gasteiger partial charge in [-0.2, -0.15) is 5.10 Å². The maximum absolute atomic E-state index is 6.10. The second kappa shape index (κ2) is 6.09. The first kappa shape index (κ1) is 14.6. The molecule has 0 aliphatic rings. The molecule has 0 bridgehead atoms. The van der Waals surface area contributed by atoms with Gasteiger partial charge in [-0.05, 0) is 51.9 Å². The van der Waals surface area contributed by atoms with Crippen LogP contribution in [0.25, 0.3) is 0 Å². The van der Waals surface area contributed by atoms with E-state index in [4.69, 9.17) is 4.74 Å². The molecule has 0 amide bonds. The lowest BCUT2D eigenvalue weighted by Crippen LogP contribution is -2.12. The summed E-state index contributed by atoms with van der Waals surface area (Å²) in [6.07, 6.45) is -0.0798. The summed E-state index contributed by atoms with van der Waals surface area (Å²) < 4.78 is 6.10. The van der Waals surface area contributed by atoms with Crippen LogP contribution in [-0.4, -0.2) is 17.2 Å². The lowest BCUT2D eigenvalue weighted by molar-refractivity contribution is 0.219. The molecular weight excluding hydrogens is 250 g/mol. The van der Waals surface area contributed by atoms with E-state index in [1.165, 1.54) is 11.1 Å². The number of ether oxygens (including phenoxy) is 1. The molecule has 1 heterocycles. The number of aromatic amines is 1. The van der Waals surface area contributed by atoms with Crippen molar-refractivity contribution in [1.29, 1.82) is 0 Å². The van der Waals surface area contributed by atoms with Crippen molar-refractivity contribution in [2.45, 2.75) is 40.3 Å². The van der Waals surface area contributed by atoms with Crippen LogP contribution in [0, 0.1) is 20.8 Å². The Morgan fingerprint density at radius 2 is 2.05 bits per heavy atom. The normalized spacial score (nSPS) is 12.4. The fourth-order valence-electron chi connectivity index (χ4n) is 2.29. The molecule has 2 aromatic rings. The SMILES string of the molecule is CNCc1c(C(C)Oc2cc(C)ccc2C)n[nH]c1C. The zero-order valence-electron chi connectivity index (χ0n) is 12.9. The molecule has 0 radical (unpaired) electrons. The number of rotatable bonds is 5. The van der Waals surface area contributed by atoms with Gasteiger partial charge < -0.3 is 10.1 Å². The molecule has 4 nitrogen and oxygen atoms in total. The standard InChI is InChI=1S/C16H23N3O/c1-10-6-7-11(2)15(8-10)20-13(4)16-14(9-17-5)12(3)18-19-16/h6-8,13,17H,9H2,1-5H3,(H,18,19). The van der Waals surface area contributed by atoms with Crippen molar-refractivity contribution in [1.82, 2.24) is 15.5 Å². The number of nitrogens with zero attached hydrogens (tertiary/aromatic N) is 1. The Morgan fingerprint density at radius 1 is 1.30 bits per heavy atom. The Bertz CT molecular complexity index is 589. The van der Waals surface area contributed by atoms with E-state index in [0.717, 1.165) is 29.2 Å². The second-order valence-electron chi connectivity index (χ2n) is 5.27. The summed E-state index contributed by atoms with van der Waals surface area (Å²) in [6.45, 7) is 9.00. The Kier molecular flexibility index (Phi) is 4.45. The lowest BCUT2D eigenvalue weighted by atomic mass is 10.1. The van der Waals surface area contributed by atoms with E-state index in [1.54, 1.807) is 0 Å². The van der Waals surface area contributed by atoms with Crippen LogP contribution < -0.4 is 10.1 Å². The number of hydrogen-bond donors (Lipinski definition) is 2. The van der Waals surface area contributed by atoms with E-state index in [1.807, 2.05) is 20.9 Å². The average Bonchev–Trinajstić information content (AvgIpc) is 2.76. The predicted octanol–water partition coefficient (Wildman–Crippen LogP) is 3.19. The number of aryl methyl sites for hydroxylation is 3. The molecule has 1 atom stereocenters. The van der Waals surface area contributed by atoms with Crippen LogP contribution >= 0.6 is 0 Å². The van der Waals surface area contributed by atoms with Crippen LogP contribution in [0.15, 0.2) is 18.2 Å². The molecule has 20 heavy (non-hydrogen) atoms. The highest BCUT2D eigenvalue weighted by Gasteiger charge is 2.18. The molecule has 0 saturated carbocycles. The van der Waals surface area contributed by atoms with Gasteiger partial charge in [0.05, 0.1) is 0 Å². The van der Waals surface area contributed by atoms with Crippen molar-refractivity contribution in [3.63, 3.8) is 0 Å². The highest BCUT2D eigenvalue weighted by molar-refractivity contribution is 5.37. The van der Waals surface area contributed by atoms with Gasteiger partial charge in [0.2, 0.25) is 0 Å². The Labute approximate surface area is 120 Å². The van der Waals surface area contributed by atoms with Crippen molar-refractivity contribution in [2.24, 2.45) is 0 Å². The summed E-state index contributed by atoms with van der Waals surface area (Å²) in [6, 6.07) is 6.25. The van der Waals surface area contributed by atoms with Crippen LogP contribution in [0.3, 0.4) is 0 Å². The van der Waals surface area contributed by atoms with Crippen LogP contribution in [0.5, 0.6) is 5.75 Å². The summed E-state index contributed by atoms with van der Waals surface area (Å²) in [5, 5.41) is 10.6. The first-order chi connectivity index (χ1) is 9.52. The minimum absolute atomic E-state index is 0.0798. The second-order valence-corrected chi connectivity index (χ2v) is 5.27. The predicted molar refractivity (Wildman–Crippen MR) is 81.0 cm³/mol. The summed E-state index contributed by atoms with van der Waals surface area (Å²) in [5.74, 6) is 0.925. The van der Waals surface area contributed by atoms with Crippen LogP contribution in [-0.2, 0) is 6.54 Å². The monoisotopic (exact) mass is 273 g/mol. The topological polar surface area (TPSA) is 49.9 Å². The number of aromatic nitrogens is 2. The molecule has 0 aliphatic heterocycles. The van der Waals surface area contributed by atoms with E-state index >= 15 is 0 Å². The van der Waals surface area contributed by atoms with Gasteiger partial charge in [-0.15, -0.1) is 0 Å². The molecule has 1 aromatic heterocycles. The largest absolute Gasteiger partial charge is 0.484 e. The molecular formula is C16H23N3O. The van der Waals surface area contributed by atoms with Gasteiger partial charge in [-0.3, -0.25) is 5.10 Å². The van der Waals surface area contributed by atoms with Crippen molar-refractivity contribution < 1.29 is 4.74 Å². The summed E-state index contributed by atoms with van der Waals surface area (Å²) >= 11 is 0. The highest BCUT2D eigenvalue weighted by Crippen LogP contribution is 2.27. The quantitative estimate of drug-likeness (QED) is 0.879. The first-order valence-corrected chi connectivity index (χ1v) is 6.95. The molecule has 1 unspecified atom stereocenters. The van der Waals surface area contributed by atoms with E-state index in [2.05, 4.69) is 47.6 Å². The third-order valence-electron chi connectivity index (χ3n) is 3.49. The van der Waals surface area contributed by atoms with Gasteiger partial charge in [0.25, 0.3) is 0 Å². The zero-order valence-corrected chi connectivity index (χ0v) is 12.9. The molecule has 2 rings (SSSR count). The van der Waals surface area contributed by atoms with E-state index in [9.17, 15) is 0 Å². The van der Waals surface area contributed by atoms with E-state index < -0.39 is 0 Å². The van der Waals surface area contributed by atoms with Gasteiger partial charge in [0.15, 0.2) is 0 Å². The highest BCUT2D eigenvalue weighted by atomic mass is 16.5. The third kappa shape index (κ3) is 3.02. The van der Waals surface area contributed by atoms with Crippen molar-refractivity contribution in [3.8, 4) is 5.75 Å². The van der Waals surface area contributed by atoms with Gasteiger partial charge in [-0.25, -0.2) is 0 Å². The Hall–Kier alpha value is -1.81. The van der Waals surface area contributed by atoms with Crippen molar-refractivity contribution in [3.05, 3.63) is 46.3 Å². The van der Waals surface area contributed by atoms with Gasteiger partial charge >= 0.3 is 0 Å². The fourth-order valence-corrected chi connectivity index (χ4v) is 2.29. The minimum Gasteiger partial charge on any atom is -0.484 e. The van der Waals surface area contributed by atoms with Crippen molar-refractivity contribution in [2.75, 3.05) is 7.05 Å². The zero-order chi connectivity index (χ0) is 14.7. The number of hydrogen-bond acceptors (Lipinski definition) is 3. The average molecular weight is 273 g/mol. The smallest absolute Gasteiger partial charge is 0.140 e. The van der Waals surface area contributed by atoms with E-state index in [0.29, 0.717) is 0 Å². The maximum Gasteiger partial charge on any atom is 0.140 e. The summed E-state index contributed by atoms with van der Waals surface area (Å²) in [4.78, 5) is 0. The van der Waals surface area contributed by atoms with Gasteiger partial charge in [0, 0.05) is 17.8 Å². The molecule has 0 saturated heterocycles. The lowest BCUT2D eigenvalue weighted by Gasteiger charge is -2.16. The fraction of sp³-hybridized carbons (Fsp3) is 0.438. The summed E-state index contributed by atoms with van der Waals surface area (Å²) in [5.41, 5.74) is 5.59. The molecule has 0 aliphatic carbocycles. The Morgan fingerprint density at radius 3 is 2.75 bits per heavy atom. The van der Waals surface area contributed by atoms with Crippen LogP contribution in [0.1, 0.15) is 41.1 Å². The number of H-pyrrole nitrogens is 1. The third-order valence-corrected chi connectivity index (χ3v) is 3.49. The minimum atomic E-state index is -0.0798. The van der Waals surface area contributed by atoms with Gasteiger partial charge in [-0.1, -0.05) is 12.1 Å².